The molecule has 0 heterocycles. The minimum Gasteiger partial charge on any atom is -0.495 e. The van der Waals surface area contributed by atoms with Crippen molar-refractivity contribution >= 4 is 17.6 Å². The van der Waals surface area contributed by atoms with Crippen molar-refractivity contribution in [2.24, 2.45) is 0 Å². The van der Waals surface area contributed by atoms with E-state index in [0.29, 0.717) is 0 Å². The lowest BCUT2D eigenvalue weighted by Gasteiger charge is -2.07. The van der Waals surface area contributed by atoms with Crippen molar-refractivity contribution < 1.29 is 19.0 Å². The second-order valence-corrected chi connectivity index (χ2v) is 2.99. The summed E-state index contributed by atoms with van der Waals surface area (Å²) in [4.78, 5) is 10.4. The van der Waals surface area contributed by atoms with E-state index in [1.54, 1.807) is 0 Å². The summed E-state index contributed by atoms with van der Waals surface area (Å²) in [5.74, 6) is -1.51. The van der Waals surface area contributed by atoms with E-state index in [9.17, 15) is 9.18 Å². The summed E-state index contributed by atoms with van der Waals surface area (Å²) in [5, 5.41) is 8.52. The van der Waals surface area contributed by atoms with E-state index in [-0.39, 0.29) is 16.3 Å². The Morgan fingerprint density at radius 3 is 2.79 bits per heavy atom. The fourth-order valence-electron chi connectivity index (χ4n) is 1.05. The van der Waals surface area contributed by atoms with Crippen LogP contribution in [-0.2, 0) is 11.2 Å². The monoisotopic (exact) mass is 218 g/mol. The number of carbonyl (C=O) groups is 1. The molecule has 0 atom stereocenters. The smallest absolute Gasteiger partial charge is 0.307 e. The third-order valence-corrected chi connectivity index (χ3v) is 2.11. The first-order valence-corrected chi connectivity index (χ1v) is 4.16. The number of carboxylic acid groups (broad SMARTS) is 1. The van der Waals surface area contributed by atoms with Gasteiger partial charge in [0.05, 0.1) is 18.6 Å². The van der Waals surface area contributed by atoms with Crippen molar-refractivity contribution in [1.29, 1.82) is 0 Å². The van der Waals surface area contributed by atoms with Gasteiger partial charge in [-0.1, -0.05) is 11.6 Å². The zero-order valence-electron chi connectivity index (χ0n) is 7.38. The molecule has 3 nitrogen and oxygen atoms in total. The van der Waals surface area contributed by atoms with Gasteiger partial charge in [0.2, 0.25) is 0 Å². The van der Waals surface area contributed by atoms with Gasteiger partial charge < -0.3 is 9.84 Å². The number of halogens is 2. The van der Waals surface area contributed by atoms with E-state index in [1.807, 2.05) is 0 Å². The summed E-state index contributed by atoms with van der Waals surface area (Å²) in [6.07, 6.45) is -0.456. The summed E-state index contributed by atoms with van der Waals surface area (Å²) in [7, 11) is 1.38. The van der Waals surface area contributed by atoms with E-state index in [0.717, 1.165) is 6.07 Å². The van der Waals surface area contributed by atoms with Gasteiger partial charge in [-0.2, -0.15) is 0 Å². The van der Waals surface area contributed by atoms with Crippen LogP contribution in [0.3, 0.4) is 0 Å². The summed E-state index contributed by atoms with van der Waals surface area (Å²) < 4.78 is 18.0. The van der Waals surface area contributed by atoms with Crippen LogP contribution >= 0.6 is 11.6 Å². The number of ether oxygens (including phenoxy) is 1. The van der Waals surface area contributed by atoms with Gasteiger partial charge in [0.1, 0.15) is 11.6 Å². The van der Waals surface area contributed by atoms with Gasteiger partial charge in [-0.3, -0.25) is 4.79 Å². The quantitative estimate of drug-likeness (QED) is 0.845. The van der Waals surface area contributed by atoms with Crippen molar-refractivity contribution in [3.05, 3.63) is 28.5 Å². The highest BCUT2D eigenvalue weighted by Crippen LogP contribution is 2.30. The van der Waals surface area contributed by atoms with Crippen LogP contribution in [0.5, 0.6) is 5.75 Å². The first-order chi connectivity index (χ1) is 6.56. The van der Waals surface area contributed by atoms with Crippen LogP contribution in [0.4, 0.5) is 4.39 Å². The van der Waals surface area contributed by atoms with Gasteiger partial charge in [0, 0.05) is 5.56 Å². The highest BCUT2D eigenvalue weighted by molar-refractivity contribution is 6.33. The number of benzene rings is 1. The molecule has 0 saturated heterocycles. The average Bonchev–Trinajstić information content (AvgIpc) is 2.12. The zero-order chi connectivity index (χ0) is 10.7. The van der Waals surface area contributed by atoms with Crippen LogP contribution < -0.4 is 4.74 Å². The van der Waals surface area contributed by atoms with Crippen LogP contribution in [-0.4, -0.2) is 18.2 Å². The van der Waals surface area contributed by atoms with Crippen molar-refractivity contribution in [1.82, 2.24) is 0 Å². The summed E-state index contributed by atoms with van der Waals surface area (Å²) in [6, 6.07) is 2.48. The second-order valence-electron chi connectivity index (χ2n) is 2.61. The van der Waals surface area contributed by atoms with E-state index in [1.165, 1.54) is 13.2 Å². The van der Waals surface area contributed by atoms with Gasteiger partial charge >= 0.3 is 5.97 Å². The van der Waals surface area contributed by atoms with Crippen molar-refractivity contribution in [2.75, 3.05) is 7.11 Å². The summed E-state index contributed by atoms with van der Waals surface area (Å²) in [6.45, 7) is 0. The van der Waals surface area contributed by atoms with Gasteiger partial charge in [-0.25, -0.2) is 4.39 Å². The standard InChI is InChI=1S/C9H8ClFO3/c1-14-7-3-2-6(11)5(9(7)10)4-8(12)13/h2-3H,4H2,1H3,(H,12,13). The van der Waals surface area contributed by atoms with E-state index >= 15 is 0 Å². The molecule has 0 aromatic heterocycles. The Balaban J connectivity index is 3.18. The molecule has 0 aliphatic carbocycles. The average molecular weight is 219 g/mol. The number of hydrogen-bond donors (Lipinski definition) is 1. The molecule has 0 aliphatic heterocycles. The molecular weight excluding hydrogens is 211 g/mol. The predicted molar refractivity (Wildman–Crippen MR) is 49.3 cm³/mol. The molecule has 0 bridgehead atoms. The SMILES string of the molecule is COc1ccc(F)c(CC(=O)O)c1Cl. The van der Waals surface area contributed by atoms with Crippen molar-refractivity contribution in [2.45, 2.75) is 6.42 Å². The maximum Gasteiger partial charge on any atom is 0.307 e. The number of rotatable bonds is 3. The Labute approximate surface area is 85.1 Å². The van der Waals surface area contributed by atoms with Crippen LogP contribution in [0, 0.1) is 5.82 Å². The molecular formula is C9H8ClFO3. The maximum atomic E-state index is 13.1. The minimum atomic E-state index is -1.14. The van der Waals surface area contributed by atoms with E-state index in [4.69, 9.17) is 21.4 Å². The van der Waals surface area contributed by atoms with Crippen molar-refractivity contribution in [3.8, 4) is 5.75 Å². The summed E-state index contributed by atoms with van der Waals surface area (Å²) >= 11 is 5.73. The Morgan fingerprint density at radius 1 is 1.64 bits per heavy atom. The first-order valence-electron chi connectivity index (χ1n) is 3.79. The molecule has 0 spiro atoms. The van der Waals surface area contributed by atoms with Crippen LogP contribution in [0.25, 0.3) is 0 Å². The molecule has 0 fully saturated rings. The molecule has 76 valence electrons. The topological polar surface area (TPSA) is 46.5 Å². The molecule has 5 heteroatoms. The Kier molecular flexibility index (Phi) is 3.30. The third kappa shape index (κ3) is 2.14. The van der Waals surface area contributed by atoms with Gasteiger partial charge in [-0.15, -0.1) is 0 Å². The molecule has 0 aliphatic rings. The van der Waals surface area contributed by atoms with Crippen LogP contribution in [0.1, 0.15) is 5.56 Å². The lowest BCUT2D eigenvalue weighted by molar-refractivity contribution is -0.136. The van der Waals surface area contributed by atoms with E-state index in [2.05, 4.69) is 0 Å². The Hall–Kier alpha value is -1.29. The number of hydrogen-bond acceptors (Lipinski definition) is 2. The Bertz CT molecular complexity index is 365. The number of carboxylic acids is 1. The molecule has 1 N–H and O–H groups in total. The first kappa shape index (κ1) is 10.8. The molecule has 1 aromatic rings. The highest BCUT2D eigenvalue weighted by atomic mass is 35.5. The van der Waals surface area contributed by atoms with Crippen LogP contribution in [0.2, 0.25) is 5.02 Å². The van der Waals surface area contributed by atoms with Gasteiger partial charge in [-0.05, 0) is 12.1 Å². The second kappa shape index (κ2) is 4.28. The molecule has 0 radical (unpaired) electrons. The fourth-order valence-corrected chi connectivity index (χ4v) is 1.34. The highest BCUT2D eigenvalue weighted by Gasteiger charge is 2.14. The third-order valence-electron chi connectivity index (χ3n) is 1.70. The molecule has 1 aromatic carbocycles. The van der Waals surface area contributed by atoms with Crippen LogP contribution in [0.15, 0.2) is 12.1 Å². The largest absolute Gasteiger partial charge is 0.495 e. The Morgan fingerprint density at radius 2 is 2.29 bits per heavy atom. The van der Waals surface area contributed by atoms with Gasteiger partial charge in [0.25, 0.3) is 0 Å². The maximum absolute atomic E-state index is 13.1. The summed E-state index contributed by atoms with van der Waals surface area (Å²) in [5.41, 5.74) is -0.0569. The lowest BCUT2D eigenvalue weighted by atomic mass is 10.1. The predicted octanol–water partition coefficient (Wildman–Crippen LogP) is 2.11. The molecule has 0 amide bonds. The number of methoxy groups -OCH3 is 1. The lowest BCUT2D eigenvalue weighted by Crippen LogP contribution is -2.04. The molecule has 0 saturated carbocycles. The fraction of sp³-hybridized carbons (Fsp3) is 0.222. The molecule has 14 heavy (non-hydrogen) atoms. The van der Waals surface area contributed by atoms with E-state index < -0.39 is 18.2 Å². The molecule has 0 unspecified atom stereocenters. The van der Waals surface area contributed by atoms with Crippen molar-refractivity contribution in [3.63, 3.8) is 0 Å². The number of aliphatic carboxylic acids is 1. The zero-order valence-corrected chi connectivity index (χ0v) is 8.14. The minimum absolute atomic E-state index is 0.00917. The molecule has 1 rings (SSSR count). The normalized spacial score (nSPS) is 9.93. The van der Waals surface area contributed by atoms with Gasteiger partial charge in [0.15, 0.2) is 0 Å².